The van der Waals surface area contributed by atoms with Crippen molar-refractivity contribution in [2.24, 2.45) is 0 Å². The molecular weight excluding hydrogens is 386 g/mol. The molecule has 0 bridgehead atoms. The molecule has 2 aromatic carbocycles. The highest BCUT2D eigenvalue weighted by molar-refractivity contribution is 7.99. The first-order valence-corrected chi connectivity index (χ1v) is 10.1. The maximum absolute atomic E-state index is 12.2. The van der Waals surface area contributed by atoms with Gasteiger partial charge in [0.15, 0.2) is 5.16 Å². The minimum atomic E-state index is -0.528. The van der Waals surface area contributed by atoms with Gasteiger partial charge in [-0.25, -0.2) is 4.98 Å². The van der Waals surface area contributed by atoms with Gasteiger partial charge in [-0.2, -0.15) is 5.26 Å². The number of hydrogen-bond donors (Lipinski definition) is 1. The van der Waals surface area contributed by atoms with Crippen molar-refractivity contribution in [1.82, 2.24) is 9.97 Å². The first kappa shape index (κ1) is 20.4. The molecule has 0 fully saturated rings. The lowest BCUT2D eigenvalue weighted by molar-refractivity contribution is -0.140. The highest BCUT2D eigenvalue weighted by Crippen LogP contribution is 2.21. The molecular formula is C22H19N3O3S. The highest BCUT2D eigenvalue weighted by atomic mass is 32.2. The van der Waals surface area contributed by atoms with Crippen LogP contribution in [0.15, 0.2) is 70.6 Å². The lowest BCUT2D eigenvalue weighted by Crippen LogP contribution is -2.16. The number of esters is 1. The van der Waals surface area contributed by atoms with Gasteiger partial charge in [-0.3, -0.25) is 9.59 Å². The third kappa shape index (κ3) is 5.80. The molecule has 1 heterocycles. The van der Waals surface area contributed by atoms with Crippen molar-refractivity contribution >= 4 is 17.7 Å². The minimum Gasteiger partial charge on any atom is -0.465 e. The second kappa shape index (κ2) is 10.2. The molecule has 0 aliphatic carbocycles. The predicted octanol–water partition coefficient (Wildman–Crippen LogP) is 3.58. The number of H-pyrrole nitrogens is 1. The quantitative estimate of drug-likeness (QED) is 0.266. The number of rotatable bonds is 8. The largest absolute Gasteiger partial charge is 0.465 e. The van der Waals surface area contributed by atoms with Crippen LogP contribution in [0.1, 0.15) is 17.5 Å². The number of aromatic nitrogens is 2. The number of benzene rings is 2. The fraction of sp³-hybridized carbons (Fsp3) is 0.182. The van der Waals surface area contributed by atoms with Crippen LogP contribution in [0.4, 0.5) is 0 Å². The van der Waals surface area contributed by atoms with Crippen molar-refractivity contribution in [1.29, 1.82) is 5.26 Å². The molecule has 3 aromatic rings. The van der Waals surface area contributed by atoms with E-state index in [1.165, 1.54) is 5.56 Å². The number of thioether (sulfide) groups is 1. The molecule has 0 saturated carbocycles. The number of nitrogens with zero attached hydrogens (tertiary/aromatic N) is 2. The molecule has 0 saturated heterocycles. The summed E-state index contributed by atoms with van der Waals surface area (Å²) in [5.41, 5.74) is 1.59. The van der Waals surface area contributed by atoms with Gasteiger partial charge in [0.2, 0.25) is 0 Å². The standard InChI is InChI=1S/C22H19N3O3S/c23-14-18-20(17-11-5-2-6-12-17)24-22(25-21(18)27)29-15-19(26)28-13-7-10-16-8-3-1-4-9-16/h1-6,8-9,11-12H,7,10,13,15H2,(H,24,25,27). The van der Waals surface area contributed by atoms with E-state index in [9.17, 15) is 14.9 Å². The summed E-state index contributed by atoms with van der Waals surface area (Å²) < 4.78 is 5.24. The normalized spacial score (nSPS) is 10.3. The number of hydrogen-bond acceptors (Lipinski definition) is 6. The van der Waals surface area contributed by atoms with E-state index in [2.05, 4.69) is 9.97 Å². The highest BCUT2D eigenvalue weighted by Gasteiger charge is 2.14. The van der Waals surface area contributed by atoms with Gasteiger partial charge in [0, 0.05) is 5.56 Å². The summed E-state index contributed by atoms with van der Waals surface area (Å²) in [7, 11) is 0. The van der Waals surface area contributed by atoms with Gasteiger partial charge < -0.3 is 9.72 Å². The molecule has 3 rings (SSSR count). The summed E-state index contributed by atoms with van der Waals surface area (Å²) in [5, 5.41) is 9.55. The van der Waals surface area contributed by atoms with Crippen LogP contribution in [0.5, 0.6) is 0 Å². The molecule has 0 atom stereocenters. The van der Waals surface area contributed by atoms with E-state index >= 15 is 0 Å². The van der Waals surface area contributed by atoms with Gasteiger partial charge in [-0.1, -0.05) is 72.4 Å². The zero-order valence-electron chi connectivity index (χ0n) is 15.6. The van der Waals surface area contributed by atoms with E-state index in [-0.39, 0.29) is 22.4 Å². The molecule has 29 heavy (non-hydrogen) atoms. The maximum atomic E-state index is 12.2. The molecule has 0 unspecified atom stereocenters. The van der Waals surface area contributed by atoms with Crippen LogP contribution in [0.3, 0.4) is 0 Å². The van der Waals surface area contributed by atoms with E-state index in [1.807, 2.05) is 42.5 Å². The Morgan fingerprint density at radius 1 is 1.10 bits per heavy atom. The van der Waals surface area contributed by atoms with E-state index < -0.39 is 5.56 Å². The predicted molar refractivity (Wildman–Crippen MR) is 111 cm³/mol. The van der Waals surface area contributed by atoms with Gasteiger partial charge in [0.05, 0.1) is 18.1 Å². The van der Waals surface area contributed by atoms with Crippen molar-refractivity contribution < 1.29 is 9.53 Å². The van der Waals surface area contributed by atoms with Crippen molar-refractivity contribution in [3.8, 4) is 17.3 Å². The Kier molecular flexibility index (Phi) is 7.20. The van der Waals surface area contributed by atoms with Crippen LogP contribution in [-0.2, 0) is 16.0 Å². The van der Waals surface area contributed by atoms with Crippen LogP contribution in [0.25, 0.3) is 11.3 Å². The third-order valence-corrected chi connectivity index (χ3v) is 4.95. The summed E-state index contributed by atoms with van der Waals surface area (Å²) in [6.45, 7) is 0.334. The van der Waals surface area contributed by atoms with Crippen LogP contribution < -0.4 is 5.56 Å². The molecule has 1 aromatic heterocycles. The van der Waals surface area contributed by atoms with Crippen molar-refractivity contribution in [2.75, 3.05) is 12.4 Å². The fourth-order valence-corrected chi connectivity index (χ4v) is 3.36. The summed E-state index contributed by atoms with van der Waals surface area (Å²) in [6, 6.07) is 20.9. The van der Waals surface area contributed by atoms with Crippen molar-refractivity contribution in [3.05, 3.63) is 82.1 Å². The Balaban J connectivity index is 1.56. The molecule has 146 valence electrons. The second-order valence-electron chi connectivity index (χ2n) is 6.17. The number of carbonyl (C=O) groups is 1. The monoisotopic (exact) mass is 405 g/mol. The van der Waals surface area contributed by atoms with Gasteiger partial charge in [-0.15, -0.1) is 0 Å². The number of nitrogens with one attached hydrogen (secondary N) is 1. The van der Waals surface area contributed by atoms with Crippen LogP contribution in [0.2, 0.25) is 0 Å². The summed E-state index contributed by atoms with van der Waals surface area (Å²) >= 11 is 1.07. The number of aryl methyl sites for hydroxylation is 1. The number of ether oxygens (including phenoxy) is 1. The lowest BCUT2D eigenvalue weighted by Gasteiger charge is -2.07. The van der Waals surface area contributed by atoms with Gasteiger partial charge >= 0.3 is 5.97 Å². The molecule has 1 N–H and O–H groups in total. The molecule has 0 spiro atoms. The minimum absolute atomic E-state index is 0.0222. The lowest BCUT2D eigenvalue weighted by atomic mass is 10.1. The molecule has 7 heteroatoms. The Labute approximate surface area is 172 Å². The van der Waals surface area contributed by atoms with Gasteiger partial charge in [-0.05, 0) is 18.4 Å². The maximum Gasteiger partial charge on any atom is 0.316 e. The molecule has 0 amide bonds. The smallest absolute Gasteiger partial charge is 0.316 e. The Hall–Kier alpha value is -3.37. The first-order chi connectivity index (χ1) is 14.2. The van der Waals surface area contributed by atoms with Crippen molar-refractivity contribution in [2.45, 2.75) is 18.0 Å². The SMILES string of the molecule is N#Cc1c(-c2ccccc2)nc(SCC(=O)OCCCc2ccccc2)[nH]c1=O. The summed E-state index contributed by atoms with van der Waals surface area (Å²) in [6.07, 6.45) is 1.58. The second-order valence-corrected chi connectivity index (χ2v) is 7.13. The fourth-order valence-electron chi connectivity index (χ4n) is 2.71. The van der Waals surface area contributed by atoms with Gasteiger partial charge in [0.1, 0.15) is 11.6 Å². The van der Waals surface area contributed by atoms with Crippen molar-refractivity contribution in [3.63, 3.8) is 0 Å². The summed E-state index contributed by atoms with van der Waals surface area (Å²) in [4.78, 5) is 31.1. The van der Waals surface area contributed by atoms with E-state index in [1.54, 1.807) is 24.3 Å². The topological polar surface area (TPSA) is 95.8 Å². The molecule has 0 radical (unpaired) electrons. The number of aromatic amines is 1. The van der Waals surface area contributed by atoms with Crippen LogP contribution >= 0.6 is 11.8 Å². The average molecular weight is 405 g/mol. The Bertz CT molecular complexity index is 1060. The number of carbonyl (C=O) groups excluding carboxylic acids is 1. The van der Waals surface area contributed by atoms with E-state index in [0.29, 0.717) is 17.9 Å². The van der Waals surface area contributed by atoms with E-state index in [4.69, 9.17) is 4.74 Å². The Morgan fingerprint density at radius 2 is 1.79 bits per heavy atom. The molecule has 0 aliphatic heterocycles. The zero-order valence-corrected chi connectivity index (χ0v) is 16.4. The summed E-state index contributed by atoms with van der Waals surface area (Å²) in [5.74, 6) is -0.356. The Morgan fingerprint density at radius 3 is 2.48 bits per heavy atom. The van der Waals surface area contributed by atoms with Crippen LogP contribution in [-0.4, -0.2) is 28.3 Å². The van der Waals surface area contributed by atoms with Gasteiger partial charge in [0.25, 0.3) is 5.56 Å². The first-order valence-electron chi connectivity index (χ1n) is 9.09. The van der Waals surface area contributed by atoms with E-state index in [0.717, 1.165) is 24.6 Å². The molecule has 0 aliphatic rings. The zero-order chi connectivity index (χ0) is 20.5. The molecule has 6 nitrogen and oxygen atoms in total. The van der Waals surface area contributed by atoms with Crippen LogP contribution in [0, 0.1) is 11.3 Å². The third-order valence-electron chi connectivity index (χ3n) is 4.10. The number of nitriles is 1. The average Bonchev–Trinajstić information content (AvgIpc) is 2.76.